The molecule has 14 heavy (non-hydrogen) atoms. The van der Waals surface area contributed by atoms with Crippen molar-refractivity contribution in [1.29, 1.82) is 0 Å². The number of tetrazole rings is 1. The molecule has 0 saturated carbocycles. The molecule has 1 aliphatic rings. The molecule has 7 heteroatoms. The number of aromatic amines is 1. The van der Waals surface area contributed by atoms with Gasteiger partial charge in [0, 0.05) is 13.1 Å². The molecule has 2 rings (SSSR count). The molecule has 0 spiro atoms. The van der Waals surface area contributed by atoms with Crippen LogP contribution in [-0.2, 0) is 0 Å². The van der Waals surface area contributed by atoms with E-state index in [1.807, 2.05) is 0 Å². The lowest BCUT2D eigenvalue weighted by Gasteiger charge is -2.03. The van der Waals surface area contributed by atoms with Crippen LogP contribution in [-0.4, -0.2) is 33.7 Å². The van der Waals surface area contributed by atoms with Crippen molar-refractivity contribution in [3.05, 3.63) is 6.33 Å². The molecule has 1 aliphatic heterocycles. The third-order valence-electron chi connectivity index (χ3n) is 1.80. The number of H-pyrrole nitrogens is 1. The number of hydrogen-bond acceptors (Lipinski definition) is 6. The Morgan fingerprint density at radius 3 is 2.07 bits per heavy atom. The van der Waals surface area contributed by atoms with Gasteiger partial charge in [-0.2, -0.15) is 10.7 Å². The Kier molecular flexibility index (Phi) is 6.73. The lowest BCUT2D eigenvalue weighted by molar-refractivity contribution is 0.442. The molecule has 1 aromatic rings. The van der Waals surface area contributed by atoms with Crippen LogP contribution >= 0.6 is 0 Å². The minimum absolute atomic E-state index is 1.08. The highest BCUT2D eigenvalue weighted by Crippen LogP contribution is 1.97. The first-order chi connectivity index (χ1) is 7.00. The molecule has 1 aromatic heterocycles. The average molecular weight is 199 g/mol. The van der Waals surface area contributed by atoms with Crippen molar-refractivity contribution in [2.75, 3.05) is 13.1 Å². The van der Waals surface area contributed by atoms with Gasteiger partial charge in [-0.1, -0.05) is 18.1 Å². The van der Waals surface area contributed by atoms with Crippen LogP contribution in [0.5, 0.6) is 0 Å². The van der Waals surface area contributed by atoms with Gasteiger partial charge < -0.3 is 0 Å². The summed E-state index contributed by atoms with van der Waals surface area (Å²) in [5, 5.41) is 12.2. The number of nitrogens with zero attached hydrogens (tertiary/aromatic N) is 3. The third kappa shape index (κ3) is 6.46. The molecule has 0 aliphatic carbocycles. The van der Waals surface area contributed by atoms with Crippen LogP contribution in [0, 0.1) is 0 Å². The zero-order valence-electron chi connectivity index (χ0n) is 8.16. The van der Waals surface area contributed by atoms with Crippen LogP contribution in [0.25, 0.3) is 0 Å². The van der Waals surface area contributed by atoms with Crippen molar-refractivity contribution in [1.82, 2.24) is 37.0 Å². The van der Waals surface area contributed by atoms with E-state index >= 15 is 0 Å². The zero-order valence-corrected chi connectivity index (χ0v) is 8.16. The molecule has 0 atom stereocenters. The highest BCUT2D eigenvalue weighted by atomic mass is 15.6. The monoisotopic (exact) mass is 199 g/mol. The molecule has 7 nitrogen and oxygen atoms in total. The van der Waals surface area contributed by atoms with E-state index in [0.717, 1.165) is 13.1 Å². The van der Waals surface area contributed by atoms with E-state index in [2.05, 4.69) is 37.0 Å². The van der Waals surface area contributed by atoms with E-state index in [4.69, 9.17) is 0 Å². The van der Waals surface area contributed by atoms with Crippen molar-refractivity contribution in [3.8, 4) is 0 Å². The van der Waals surface area contributed by atoms with E-state index in [1.54, 1.807) is 0 Å². The van der Waals surface area contributed by atoms with Crippen LogP contribution in [0.1, 0.15) is 25.7 Å². The Labute approximate surface area is 83.0 Å². The van der Waals surface area contributed by atoms with Crippen LogP contribution in [0.3, 0.4) is 0 Å². The van der Waals surface area contributed by atoms with Crippen LogP contribution in [0.4, 0.5) is 0 Å². The Morgan fingerprint density at radius 1 is 0.929 bits per heavy atom. The van der Waals surface area contributed by atoms with Crippen LogP contribution in [0.15, 0.2) is 6.33 Å². The van der Waals surface area contributed by atoms with Crippen molar-refractivity contribution in [2.24, 2.45) is 0 Å². The van der Waals surface area contributed by atoms with Gasteiger partial charge in [0.05, 0.1) is 0 Å². The lowest BCUT2D eigenvalue weighted by atomic mass is 10.2. The lowest BCUT2D eigenvalue weighted by Crippen LogP contribution is -2.43. The van der Waals surface area contributed by atoms with Crippen molar-refractivity contribution >= 4 is 0 Å². The van der Waals surface area contributed by atoms with E-state index in [0.29, 0.717) is 0 Å². The first-order valence-electron chi connectivity index (χ1n) is 4.87. The van der Waals surface area contributed by atoms with Gasteiger partial charge in [0.25, 0.3) is 0 Å². The molecule has 0 amide bonds. The highest BCUT2D eigenvalue weighted by Gasteiger charge is 1.92. The molecule has 0 unspecified atom stereocenters. The van der Waals surface area contributed by atoms with Gasteiger partial charge in [-0.15, -0.1) is 10.2 Å². The summed E-state index contributed by atoms with van der Waals surface area (Å²) in [4.78, 5) is 0. The molecule has 4 N–H and O–H groups in total. The maximum atomic E-state index is 3.38. The summed E-state index contributed by atoms with van der Waals surface area (Å²) in [6, 6.07) is 0. The minimum atomic E-state index is 1.08. The molecule has 80 valence electrons. The Morgan fingerprint density at radius 2 is 1.64 bits per heavy atom. The zero-order chi connectivity index (χ0) is 9.90. The second kappa shape index (κ2) is 8.54. The number of aromatic nitrogens is 4. The Hall–Kier alpha value is -1.05. The number of hydrazine groups is 2. The molecule has 2 heterocycles. The quantitative estimate of drug-likeness (QED) is 0.444. The summed E-state index contributed by atoms with van der Waals surface area (Å²) in [5.74, 6) is 0. The number of rotatable bonds is 0. The standard InChI is InChI=1S/C6H15N3.CH2N4/c1-2-4-6-8-9-7-5-3-1;1-2-4-5-3-1/h7-9H,1-6H2;1H,(H,2,3,4,5). The first kappa shape index (κ1) is 11.0. The number of nitrogens with one attached hydrogen (secondary N) is 4. The predicted molar refractivity (Wildman–Crippen MR) is 51.8 cm³/mol. The fraction of sp³-hybridized carbons (Fsp3) is 0.857. The minimum Gasteiger partial charge on any atom is -0.244 e. The topological polar surface area (TPSA) is 90.5 Å². The predicted octanol–water partition coefficient (Wildman–Crippen LogP) is -0.641. The average Bonchev–Trinajstić information content (AvgIpc) is 2.82. The second-order valence-corrected chi connectivity index (χ2v) is 2.95. The molecule has 0 bridgehead atoms. The summed E-state index contributed by atoms with van der Waals surface area (Å²) >= 11 is 0. The van der Waals surface area contributed by atoms with Crippen LogP contribution in [0.2, 0.25) is 0 Å². The maximum absolute atomic E-state index is 3.38. The summed E-state index contributed by atoms with van der Waals surface area (Å²) in [7, 11) is 0. The maximum Gasteiger partial charge on any atom is 0.161 e. The van der Waals surface area contributed by atoms with Gasteiger partial charge >= 0.3 is 0 Å². The molecule has 1 saturated heterocycles. The van der Waals surface area contributed by atoms with E-state index in [-0.39, 0.29) is 0 Å². The summed E-state index contributed by atoms with van der Waals surface area (Å²) in [6.07, 6.45) is 6.62. The Bertz CT molecular complexity index is 142. The molecular weight excluding hydrogens is 182 g/mol. The summed E-state index contributed by atoms with van der Waals surface area (Å²) in [6.45, 7) is 2.15. The normalized spacial score (nSPS) is 18.3. The second-order valence-electron chi connectivity index (χ2n) is 2.95. The molecule has 0 aromatic carbocycles. The van der Waals surface area contributed by atoms with Gasteiger partial charge in [0.2, 0.25) is 0 Å². The van der Waals surface area contributed by atoms with Gasteiger partial charge in [0.1, 0.15) is 0 Å². The molecule has 1 fully saturated rings. The summed E-state index contributed by atoms with van der Waals surface area (Å²) in [5.41, 5.74) is 9.06. The Balaban J connectivity index is 0.000000165. The van der Waals surface area contributed by atoms with Crippen molar-refractivity contribution < 1.29 is 0 Å². The molecule has 0 radical (unpaired) electrons. The van der Waals surface area contributed by atoms with E-state index < -0.39 is 0 Å². The number of hydrogen-bond donors (Lipinski definition) is 4. The van der Waals surface area contributed by atoms with E-state index in [9.17, 15) is 0 Å². The van der Waals surface area contributed by atoms with Crippen molar-refractivity contribution in [2.45, 2.75) is 25.7 Å². The van der Waals surface area contributed by atoms with Gasteiger partial charge in [0.15, 0.2) is 6.33 Å². The smallest absolute Gasteiger partial charge is 0.161 e. The first-order valence-corrected chi connectivity index (χ1v) is 4.87. The highest BCUT2D eigenvalue weighted by molar-refractivity contribution is 4.49. The third-order valence-corrected chi connectivity index (χ3v) is 1.80. The largest absolute Gasteiger partial charge is 0.244 e. The van der Waals surface area contributed by atoms with Gasteiger partial charge in [-0.3, -0.25) is 0 Å². The fourth-order valence-corrected chi connectivity index (χ4v) is 1.10. The van der Waals surface area contributed by atoms with Crippen LogP contribution < -0.4 is 16.4 Å². The summed E-state index contributed by atoms with van der Waals surface area (Å²) < 4.78 is 0. The van der Waals surface area contributed by atoms with Gasteiger partial charge in [-0.25, -0.2) is 10.9 Å². The molecular formula is C7H17N7. The van der Waals surface area contributed by atoms with E-state index in [1.165, 1.54) is 32.0 Å². The van der Waals surface area contributed by atoms with Gasteiger partial charge in [-0.05, 0) is 12.8 Å². The SMILES string of the molecule is C1CCCNNNCC1.c1nn[nH]n1. The fourth-order valence-electron chi connectivity index (χ4n) is 1.10. The van der Waals surface area contributed by atoms with Crippen molar-refractivity contribution in [3.63, 3.8) is 0 Å².